The number of nitrogens with one attached hydrogen (secondary N) is 1. The van der Waals surface area contributed by atoms with E-state index in [4.69, 9.17) is 0 Å². The summed E-state index contributed by atoms with van der Waals surface area (Å²) in [5, 5.41) is 2.00. The normalized spacial score (nSPS) is 18.7. The van der Waals surface area contributed by atoms with E-state index >= 15 is 0 Å². The first-order chi connectivity index (χ1) is 3.22. The van der Waals surface area contributed by atoms with E-state index in [2.05, 4.69) is 0 Å². The zero-order chi connectivity index (χ0) is 5.44. The topological polar surface area (TPSA) is 49.4 Å². The predicted molar refractivity (Wildman–Crippen MR) is 21.7 cm³/mol. The molecule has 7 heavy (non-hydrogen) atoms. The van der Waals surface area contributed by atoms with Crippen molar-refractivity contribution in [3.05, 3.63) is 0 Å². The molecule has 0 unspecified atom stereocenters. The Labute approximate surface area is 40.1 Å². The molecule has 0 atom stereocenters. The van der Waals surface area contributed by atoms with Gasteiger partial charge in [-0.15, -0.1) is 0 Å². The van der Waals surface area contributed by atoms with Crippen molar-refractivity contribution in [2.75, 3.05) is 7.05 Å². The summed E-state index contributed by atoms with van der Waals surface area (Å²) in [6.45, 7) is 0. The number of carbonyl (C=O) groups excluding carboxylic acids is 2. The molecule has 0 aromatic heterocycles. The fourth-order valence-corrected chi connectivity index (χ4v) is 0.298. The van der Waals surface area contributed by atoms with Gasteiger partial charge in [0.05, 0.1) is 0 Å². The summed E-state index contributed by atoms with van der Waals surface area (Å²) in [6.07, 6.45) is 0. The first-order valence-corrected chi connectivity index (χ1v) is 1.80. The van der Waals surface area contributed by atoms with Gasteiger partial charge in [-0.2, -0.15) is 0 Å². The third kappa shape index (κ3) is 0.357. The lowest BCUT2D eigenvalue weighted by Crippen LogP contribution is -2.59. The highest BCUT2D eigenvalue weighted by molar-refractivity contribution is 6.11. The number of carbonyl (C=O) groups is 2. The first-order valence-electron chi connectivity index (χ1n) is 1.80. The van der Waals surface area contributed by atoms with Crippen LogP contribution < -0.4 is 5.32 Å². The summed E-state index contributed by atoms with van der Waals surface area (Å²) in [5.41, 5.74) is 0. The summed E-state index contributed by atoms with van der Waals surface area (Å²) >= 11 is 0. The van der Waals surface area contributed by atoms with Crippen LogP contribution in [0.5, 0.6) is 0 Å². The highest BCUT2D eigenvalue weighted by Crippen LogP contribution is 1.94. The van der Waals surface area contributed by atoms with Crippen LogP contribution in [0.4, 0.5) is 9.59 Å². The van der Waals surface area contributed by atoms with Crippen LogP contribution in [0.1, 0.15) is 0 Å². The molecule has 0 spiro atoms. The molecule has 1 heterocycles. The summed E-state index contributed by atoms with van der Waals surface area (Å²) in [4.78, 5) is 21.1. The Balaban J connectivity index is 2.59. The smallest absolute Gasteiger partial charge is 0.259 e. The Bertz CT molecular complexity index is 117. The summed E-state index contributed by atoms with van der Waals surface area (Å²) in [7, 11) is 1.42. The minimum absolute atomic E-state index is 0.329. The first kappa shape index (κ1) is 4.11. The van der Waals surface area contributed by atoms with Gasteiger partial charge in [-0.3, -0.25) is 5.32 Å². The molecule has 1 saturated heterocycles. The van der Waals surface area contributed by atoms with Gasteiger partial charge in [-0.05, 0) is 0 Å². The van der Waals surface area contributed by atoms with E-state index in [0.717, 1.165) is 4.90 Å². The molecule has 1 aliphatic rings. The Morgan fingerprint density at radius 2 is 1.86 bits per heavy atom. The molecule has 0 aromatic carbocycles. The molecule has 4 amide bonds. The zero-order valence-corrected chi connectivity index (χ0v) is 3.76. The second-order valence-corrected chi connectivity index (χ2v) is 1.29. The van der Waals surface area contributed by atoms with E-state index in [1.54, 1.807) is 0 Å². The Morgan fingerprint density at radius 3 is 1.86 bits per heavy atom. The number of nitrogens with zero attached hydrogens (tertiary/aromatic N) is 1. The standard InChI is InChI=1S/C3H4N2O2/c1-5-2(6)4-3(5)7/h1H3,(H,4,6,7). The van der Waals surface area contributed by atoms with Crippen LogP contribution >= 0.6 is 0 Å². The third-order valence-electron chi connectivity index (χ3n) is 0.823. The molecular weight excluding hydrogens is 96.0 g/mol. The van der Waals surface area contributed by atoms with E-state index in [1.165, 1.54) is 7.05 Å². The lowest BCUT2D eigenvalue weighted by Gasteiger charge is -2.23. The largest absolute Gasteiger partial charge is 0.333 e. The Hall–Kier alpha value is -1.06. The minimum Gasteiger partial charge on any atom is -0.259 e. The van der Waals surface area contributed by atoms with Crippen LogP contribution in [-0.2, 0) is 0 Å². The van der Waals surface area contributed by atoms with Crippen molar-refractivity contribution >= 4 is 12.1 Å². The quantitative estimate of drug-likeness (QED) is 0.456. The maximum absolute atomic E-state index is 10.0. The molecule has 1 rings (SSSR count). The van der Waals surface area contributed by atoms with Crippen molar-refractivity contribution in [2.24, 2.45) is 0 Å². The summed E-state index contributed by atoms with van der Waals surface area (Å²) in [5.74, 6) is 0. The second-order valence-electron chi connectivity index (χ2n) is 1.29. The molecule has 0 aliphatic carbocycles. The van der Waals surface area contributed by atoms with Crippen molar-refractivity contribution in [3.8, 4) is 0 Å². The average molecular weight is 100 g/mol. The van der Waals surface area contributed by atoms with Crippen molar-refractivity contribution < 1.29 is 9.59 Å². The van der Waals surface area contributed by atoms with Crippen LogP contribution in [0.25, 0.3) is 0 Å². The van der Waals surface area contributed by atoms with E-state index in [0.29, 0.717) is 0 Å². The molecule has 4 heteroatoms. The number of hydrogen-bond acceptors (Lipinski definition) is 2. The maximum Gasteiger partial charge on any atom is 0.333 e. The average Bonchev–Trinajstić information content (AvgIpc) is 1.68. The van der Waals surface area contributed by atoms with Crippen molar-refractivity contribution in [2.45, 2.75) is 0 Å². The third-order valence-corrected chi connectivity index (χ3v) is 0.823. The van der Waals surface area contributed by atoms with Gasteiger partial charge in [0.15, 0.2) is 0 Å². The van der Waals surface area contributed by atoms with Gasteiger partial charge in [0.1, 0.15) is 0 Å². The zero-order valence-electron chi connectivity index (χ0n) is 3.76. The number of amides is 4. The van der Waals surface area contributed by atoms with Gasteiger partial charge in [0, 0.05) is 7.05 Å². The monoisotopic (exact) mass is 100 g/mol. The number of hydrogen-bond donors (Lipinski definition) is 1. The highest BCUT2D eigenvalue weighted by atomic mass is 16.2. The van der Waals surface area contributed by atoms with Crippen LogP contribution in [0, 0.1) is 0 Å². The van der Waals surface area contributed by atoms with Crippen LogP contribution in [0.2, 0.25) is 0 Å². The van der Waals surface area contributed by atoms with E-state index in [9.17, 15) is 9.59 Å². The Kier molecular flexibility index (Phi) is 0.563. The molecule has 0 aromatic rings. The molecule has 0 saturated carbocycles. The number of urea groups is 2. The second kappa shape index (κ2) is 0.959. The molecule has 0 bridgehead atoms. The summed E-state index contributed by atoms with van der Waals surface area (Å²) in [6, 6.07) is -0.657. The summed E-state index contributed by atoms with van der Waals surface area (Å²) < 4.78 is 0. The van der Waals surface area contributed by atoms with Gasteiger partial charge < -0.3 is 0 Å². The SMILES string of the molecule is CN1C(=O)NC1=O. The maximum atomic E-state index is 10.0. The van der Waals surface area contributed by atoms with Crippen molar-refractivity contribution in [3.63, 3.8) is 0 Å². The molecule has 1 fully saturated rings. The van der Waals surface area contributed by atoms with Gasteiger partial charge in [0.2, 0.25) is 0 Å². The van der Waals surface area contributed by atoms with Crippen LogP contribution in [0.15, 0.2) is 0 Å². The molecule has 1 N–H and O–H groups in total. The van der Waals surface area contributed by atoms with Crippen molar-refractivity contribution in [1.82, 2.24) is 10.2 Å². The lowest BCUT2D eigenvalue weighted by molar-refractivity contribution is 0.171. The highest BCUT2D eigenvalue weighted by Gasteiger charge is 2.28. The van der Waals surface area contributed by atoms with E-state index in [-0.39, 0.29) is 12.1 Å². The lowest BCUT2D eigenvalue weighted by atomic mass is 10.6. The van der Waals surface area contributed by atoms with Gasteiger partial charge in [-0.25, -0.2) is 14.5 Å². The molecule has 38 valence electrons. The fourth-order valence-electron chi connectivity index (χ4n) is 0.298. The van der Waals surface area contributed by atoms with Crippen LogP contribution in [-0.4, -0.2) is 24.0 Å². The fraction of sp³-hybridized carbons (Fsp3) is 0.333. The molecule has 1 aliphatic heterocycles. The van der Waals surface area contributed by atoms with E-state index in [1.807, 2.05) is 5.32 Å². The van der Waals surface area contributed by atoms with Crippen LogP contribution in [0.3, 0.4) is 0 Å². The van der Waals surface area contributed by atoms with E-state index < -0.39 is 0 Å². The van der Waals surface area contributed by atoms with Gasteiger partial charge >= 0.3 is 12.1 Å². The molecule has 4 nitrogen and oxygen atoms in total. The van der Waals surface area contributed by atoms with Crippen molar-refractivity contribution in [1.29, 1.82) is 0 Å². The van der Waals surface area contributed by atoms with Gasteiger partial charge in [-0.1, -0.05) is 0 Å². The molecule has 0 radical (unpaired) electrons. The predicted octanol–water partition coefficient (Wildman–Crippen LogP) is -0.239. The number of rotatable bonds is 0. The van der Waals surface area contributed by atoms with Gasteiger partial charge in [0.25, 0.3) is 0 Å². The Morgan fingerprint density at radius 1 is 1.43 bits per heavy atom. The number of imide groups is 2. The molecular formula is C3H4N2O2. The minimum atomic E-state index is -0.329.